The predicted molar refractivity (Wildman–Crippen MR) is 96.9 cm³/mol. The van der Waals surface area contributed by atoms with E-state index >= 15 is 0 Å². The van der Waals surface area contributed by atoms with E-state index in [1.54, 1.807) is 44.2 Å². The van der Waals surface area contributed by atoms with Gasteiger partial charge in [-0.1, -0.05) is 6.07 Å². The van der Waals surface area contributed by atoms with E-state index in [-0.39, 0.29) is 36.9 Å². The van der Waals surface area contributed by atoms with E-state index in [0.29, 0.717) is 16.1 Å². The number of hydrogen-bond acceptors (Lipinski definition) is 5. The van der Waals surface area contributed by atoms with Crippen LogP contribution >= 0.6 is 11.3 Å². The van der Waals surface area contributed by atoms with Crippen LogP contribution in [0.25, 0.3) is 0 Å². The summed E-state index contributed by atoms with van der Waals surface area (Å²) < 4.78 is 4.99. The maximum absolute atomic E-state index is 12.0. The van der Waals surface area contributed by atoms with Crippen LogP contribution in [-0.4, -0.2) is 30.4 Å². The number of nitrogens with one attached hydrogen (secondary N) is 2. The minimum atomic E-state index is -0.345. The SMILES string of the molecule is CC(C)OC(=O)CCNC(=O)c1ccc(NC(=O)c2cccs2)cc1. The van der Waals surface area contributed by atoms with Gasteiger partial charge in [0.15, 0.2) is 0 Å². The monoisotopic (exact) mass is 360 g/mol. The van der Waals surface area contributed by atoms with Gasteiger partial charge < -0.3 is 15.4 Å². The number of benzene rings is 1. The van der Waals surface area contributed by atoms with Crippen LogP contribution in [0.3, 0.4) is 0 Å². The second-order valence-electron chi connectivity index (χ2n) is 5.55. The van der Waals surface area contributed by atoms with Gasteiger partial charge >= 0.3 is 5.97 Å². The van der Waals surface area contributed by atoms with Crippen LogP contribution < -0.4 is 10.6 Å². The topological polar surface area (TPSA) is 84.5 Å². The molecule has 0 atom stereocenters. The lowest BCUT2D eigenvalue weighted by atomic mass is 10.2. The van der Waals surface area contributed by atoms with E-state index in [2.05, 4.69) is 10.6 Å². The molecule has 7 heteroatoms. The van der Waals surface area contributed by atoms with E-state index in [9.17, 15) is 14.4 Å². The first-order chi connectivity index (χ1) is 12.0. The first-order valence-corrected chi connectivity index (χ1v) is 8.76. The molecule has 2 amide bonds. The minimum Gasteiger partial charge on any atom is -0.463 e. The highest BCUT2D eigenvalue weighted by Crippen LogP contribution is 2.14. The first kappa shape index (κ1) is 18.7. The molecule has 1 aromatic carbocycles. The van der Waals surface area contributed by atoms with Crippen LogP contribution in [0.5, 0.6) is 0 Å². The largest absolute Gasteiger partial charge is 0.463 e. The summed E-state index contributed by atoms with van der Waals surface area (Å²) in [5.74, 6) is -0.814. The average molecular weight is 360 g/mol. The van der Waals surface area contributed by atoms with Crippen LogP contribution in [0.2, 0.25) is 0 Å². The van der Waals surface area contributed by atoms with Crippen molar-refractivity contribution in [3.05, 3.63) is 52.2 Å². The van der Waals surface area contributed by atoms with Gasteiger partial charge in [0, 0.05) is 17.8 Å². The summed E-state index contributed by atoms with van der Waals surface area (Å²) >= 11 is 1.36. The molecule has 2 rings (SSSR count). The Morgan fingerprint density at radius 3 is 2.40 bits per heavy atom. The van der Waals surface area contributed by atoms with Gasteiger partial charge in [-0.15, -0.1) is 11.3 Å². The Morgan fingerprint density at radius 1 is 1.08 bits per heavy atom. The molecule has 0 saturated heterocycles. The van der Waals surface area contributed by atoms with Crippen molar-refractivity contribution in [3.8, 4) is 0 Å². The highest BCUT2D eigenvalue weighted by molar-refractivity contribution is 7.12. The lowest BCUT2D eigenvalue weighted by molar-refractivity contribution is -0.147. The Morgan fingerprint density at radius 2 is 1.80 bits per heavy atom. The Bertz CT molecular complexity index is 724. The minimum absolute atomic E-state index is 0.124. The Kier molecular flexibility index (Phi) is 6.71. The van der Waals surface area contributed by atoms with Crippen LogP contribution in [0.1, 0.15) is 40.3 Å². The van der Waals surface area contributed by atoms with Crippen molar-refractivity contribution in [2.24, 2.45) is 0 Å². The van der Waals surface area contributed by atoms with Crippen molar-refractivity contribution in [1.82, 2.24) is 5.32 Å². The predicted octanol–water partition coefficient (Wildman–Crippen LogP) is 3.07. The average Bonchev–Trinajstić information content (AvgIpc) is 3.09. The van der Waals surface area contributed by atoms with Crippen molar-refractivity contribution in [3.63, 3.8) is 0 Å². The van der Waals surface area contributed by atoms with E-state index in [1.807, 2.05) is 11.4 Å². The fourth-order valence-corrected chi connectivity index (χ4v) is 2.63. The fourth-order valence-electron chi connectivity index (χ4n) is 2.01. The molecule has 2 aromatic rings. The molecule has 0 aliphatic carbocycles. The number of rotatable bonds is 7. The zero-order valence-corrected chi connectivity index (χ0v) is 14.9. The second kappa shape index (κ2) is 8.98. The molecule has 132 valence electrons. The third-order valence-electron chi connectivity index (χ3n) is 3.13. The quantitative estimate of drug-likeness (QED) is 0.743. The standard InChI is InChI=1S/C18H20N2O4S/c1-12(2)24-16(21)9-10-19-17(22)13-5-7-14(8-6-13)20-18(23)15-4-3-11-25-15/h3-8,11-12H,9-10H2,1-2H3,(H,19,22)(H,20,23). The fraction of sp³-hybridized carbons (Fsp3) is 0.278. The van der Waals surface area contributed by atoms with Gasteiger partial charge in [-0.25, -0.2) is 0 Å². The Balaban J connectivity index is 1.81. The van der Waals surface area contributed by atoms with Gasteiger partial charge in [-0.2, -0.15) is 0 Å². The molecule has 6 nitrogen and oxygen atoms in total. The number of anilines is 1. The summed E-state index contributed by atoms with van der Waals surface area (Å²) in [5, 5.41) is 7.26. The molecule has 0 radical (unpaired) electrons. The van der Waals surface area contributed by atoms with Gasteiger partial charge in [-0.05, 0) is 49.6 Å². The summed E-state index contributed by atoms with van der Waals surface area (Å²) in [7, 11) is 0. The Labute approximate surface area is 150 Å². The number of esters is 1. The van der Waals surface area contributed by atoms with Gasteiger partial charge in [0.25, 0.3) is 11.8 Å². The lowest BCUT2D eigenvalue weighted by Crippen LogP contribution is -2.27. The zero-order valence-electron chi connectivity index (χ0n) is 14.1. The number of carbonyl (C=O) groups excluding carboxylic acids is 3. The van der Waals surface area contributed by atoms with Gasteiger partial charge in [0.1, 0.15) is 0 Å². The zero-order chi connectivity index (χ0) is 18.2. The highest BCUT2D eigenvalue weighted by atomic mass is 32.1. The Hall–Kier alpha value is -2.67. The van der Waals surface area contributed by atoms with Crippen LogP contribution in [-0.2, 0) is 9.53 Å². The van der Waals surface area contributed by atoms with E-state index in [1.165, 1.54) is 11.3 Å². The number of thiophene rings is 1. The maximum Gasteiger partial charge on any atom is 0.307 e. The number of amides is 2. The number of hydrogen-bond donors (Lipinski definition) is 2. The molecule has 0 aliphatic heterocycles. The molecule has 0 spiro atoms. The van der Waals surface area contributed by atoms with Crippen molar-refractivity contribution >= 4 is 34.8 Å². The molecular formula is C18H20N2O4S. The van der Waals surface area contributed by atoms with E-state index in [0.717, 1.165) is 0 Å². The summed E-state index contributed by atoms with van der Waals surface area (Å²) in [6.45, 7) is 3.76. The third-order valence-corrected chi connectivity index (χ3v) is 4.00. The maximum atomic E-state index is 12.0. The number of carbonyl (C=O) groups is 3. The van der Waals surface area contributed by atoms with Gasteiger partial charge in [0.2, 0.25) is 0 Å². The van der Waals surface area contributed by atoms with Crippen LogP contribution in [0, 0.1) is 0 Å². The van der Waals surface area contributed by atoms with Gasteiger partial charge in [-0.3, -0.25) is 14.4 Å². The highest BCUT2D eigenvalue weighted by Gasteiger charge is 2.10. The summed E-state index contributed by atoms with van der Waals surface area (Å²) in [6, 6.07) is 10.1. The lowest BCUT2D eigenvalue weighted by Gasteiger charge is -2.09. The molecule has 1 heterocycles. The smallest absolute Gasteiger partial charge is 0.307 e. The first-order valence-electron chi connectivity index (χ1n) is 7.88. The number of ether oxygens (including phenoxy) is 1. The van der Waals surface area contributed by atoms with E-state index in [4.69, 9.17) is 4.74 Å². The van der Waals surface area contributed by atoms with E-state index < -0.39 is 0 Å². The molecule has 0 saturated carbocycles. The van der Waals surface area contributed by atoms with Crippen molar-refractivity contribution in [2.75, 3.05) is 11.9 Å². The molecule has 0 fully saturated rings. The summed E-state index contributed by atoms with van der Waals surface area (Å²) in [5.41, 5.74) is 1.06. The molecule has 25 heavy (non-hydrogen) atoms. The van der Waals surface area contributed by atoms with Crippen molar-refractivity contribution in [2.45, 2.75) is 26.4 Å². The van der Waals surface area contributed by atoms with Crippen molar-refractivity contribution < 1.29 is 19.1 Å². The third kappa shape index (κ3) is 6.04. The second-order valence-corrected chi connectivity index (χ2v) is 6.50. The normalized spacial score (nSPS) is 10.4. The molecule has 0 aliphatic rings. The van der Waals surface area contributed by atoms with Crippen LogP contribution in [0.15, 0.2) is 41.8 Å². The van der Waals surface area contributed by atoms with Gasteiger partial charge in [0.05, 0.1) is 17.4 Å². The van der Waals surface area contributed by atoms with Crippen molar-refractivity contribution in [1.29, 1.82) is 0 Å². The molecule has 2 N–H and O–H groups in total. The molecule has 0 unspecified atom stereocenters. The molecule has 1 aromatic heterocycles. The van der Waals surface area contributed by atoms with Crippen LogP contribution in [0.4, 0.5) is 5.69 Å². The summed E-state index contributed by atoms with van der Waals surface area (Å²) in [4.78, 5) is 36.0. The summed E-state index contributed by atoms with van der Waals surface area (Å²) in [6.07, 6.45) is -0.0427. The molecular weight excluding hydrogens is 340 g/mol. The molecule has 0 bridgehead atoms.